The van der Waals surface area contributed by atoms with Crippen LogP contribution in [0.1, 0.15) is 29.2 Å². The van der Waals surface area contributed by atoms with Crippen molar-refractivity contribution in [1.29, 1.82) is 0 Å². The summed E-state index contributed by atoms with van der Waals surface area (Å²) in [5.74, 6) is -0.107. The van der Waals surface area contributed by atoms with Gasteiger partial charge >= 0.3 is 5.97 Å². The van der Waals surface area contributed by atoms with Crippen molar-refractivity contribution in [1.82, 2.24) is 24.5 Å². The molecule has 112 valence electrons. The van der Waals surface area contributed by atoms with Gasteiger partial charge < -0.3 is 9.64 Å². The summed E-state index contributed by atoms with van der Waals surface area (Å²) in [4.78, 5) is 32.9. The number of ether oxygens (including phenoxy) is 1. The van der Waals surface area contributed by atoms with Gasteiger partial charge in [-0.15, -0.1) is 5.10 Å². The lowest BCUT2D eigenvalue weighted by atomic mass is 10.3. The maximum absolute atomic E-state index is 12.2. The van der Waals surface area contributed by atoms with Gasteiger partial charge in [0.1, 0.15) is 0 Å². The number of hydrogen-bond donors (Lipinski definition) is 0. The quantitative estimate of drug-likeness (QED) is 0.743. The van der Waals surface area contributed by atoms with Crippen LogP contribution in [0.3, 0.4) is 0 Å². The molecule has 0 aliphatic carbocycles. The molecule has 0 atom stereocenters. The van der Waals surface area contributed by atoms with Crippen molar-refractivity contribution in [2.75, 3.05) is 20.7 Å². The fourth-order valence-electron chi connectivity index (χ4n) is 1.83. The fraction of sp³-hybridized carbons (Fsp3) is 0.462. The number of rotatable bonds is 5. The van der Waals surface area contributed by atoms with Gasteiger partial charge in [0.2, 0.25) is 5.82 Å². The maximum Gasteiger partial charge on any atom is 0.305 e. The molecule has 0 radical (unpaired) electrons. The SMILES string of the molecule is COC(=O)CCCN(C)C(=O)c1nc2nccc(C)n2n1. The Morgan fingerprint density at radius 3 is 2.86 bits per heavy atom. The Balaban J connectivity index is 2.04. The number of aromatic nitrogens is 4. The molecule has 2 heterocycles. The Morgan fingerprint density at radius 1 is 1.43 bits per heavy atom. The number of hydrogen-bond acceptors (Lipinski definition) is 6. The Labute approximate surface area is 121 Å². The van der Waals surface area contributed by atoms with Crippen LogP contribution in [0.25, 0.3) is 5.78 Å². The van der Waals surface area contributed by atoms with E-state index in [1.54, 1.807) is 19.3 Å². The summed E-state index contributed by atoms with van der Waals surface area (Å²) < 4.78 is 6.07. The first-order valence-corrected chi connectivity index (χ1v) is 6.53. The van der Waals surface area contributed by atoms with E-state index in [0.717, 1.165) is 5.69 Å². The fourth-order valence-corrected chi connectivity index (χ4v) is 1.83. The maximum atomic E-state index is 12.2. The Bertz CT molecular complexity index is 667. The zero-order valence-corrected chi connectivity index (χ0v) is 12.2. The van der Waals surface area contributed by atoms with Crippen molar-refractivity contribution in [3.63, 3.8) is 0 Å². The minimum absolute atomic E-state index is 0.0948. The van der Waals surface area contributed by atoms with Crippen molar-refractivity contribution < 1.29 is 14.3 Å². The third kappa shape index (κ3) is 3.33. The van der Waals surface area contributed by atoms with Crippen LogP contribution in [0, 0.1) is 6.92 Å². The van der Waals surface area contributed by atoms with Gasteiger partial charge in [-0.1, -0.05) is 0 Å². The highest BCUT2D eigenvalue weighted by atomic mass is 16.5. The lowest BCUT2D eigenvalue weighted by molar-refractivity contribution is -0.140. The molecule has 0 aromatic carbocycles. The summed E-state index contributed by atoms with van der Waals surface area (Å²) >= 11 is 0. The summed E-state index contributed by atoms with van der Waals surface area (Å²) in [5, 5.41) is 4.15. The zero-order valence-electron chi connectivity index (χ0n) is 12.2. The van der Waals surface area contributed by atoms with E-state index in [-0.39, 0.29) is 24.1 Å². The minimum atomic E-state index is -0.301. The van der Waals surface area contributed by atoms with Gasteiger partial charge in [0.05, 0.1) is 7.11 Å². The molecule has 8 heteroatoms. The lowest BCUT2D eigenvalue weighted by Gasteiger charge is -2.14. The number of esters is 1. The van der Waals surface area contributed by atoms with Crippen molar-refractivity contribution in [2.45, 2.75) is 19.8 Å². The largest absolute Gasteiger partial charge is 0.469 e. The highest BCUT2D eigenvalue weighted by Gasteiger charge is 2.18. The average Bonchev–Trinajstić information content (AvgIpc) is 2.91. The van der Waals surface area contributed by atoms with Gasteiger partial charge in [-0.05, 0) is 19.4 Å². The van der Waals surface area contributed by atoms with Crippen LogP contribution < -0.4 is 0 Å². The predicted molar refractivity (Wildman–Crippen MR) is 73.7 cm³/mol. The first-order chi connectivity index (χ1) is 10.0. The van der Waals surface area contributed by atoms with Crippen molar-refractivity contribution in [3.05, 3.63) is 23.8 Å². The second kappa shape index (κ2) is 6.29. The van der Waals surface area contributed by atoms with E-state index in [1.807, 2.05) is 6.92 Å². The first-order valence-electron chi connectivity index (χ1n) is 6.53. The molecule has 0 saturated heterocycles. The molecule has 2 rings (SSSR count). The van der Waals surface area contributed by atoms with Gasteiger partial charge in [0.15, 0.2) is 0 Å². The van der Waals surface area contributed by atoms with E-state index in [4.69, 9.17) is 0 Å². The summed E-state index contributed by atoms with van der Waals surface area (Å²) in [6.45, 7) is 2.29. The van der Waals surface area contributed by atoms with Gasteiger partial charge in [0, 0.05) is 31.9 Å². The van der Waals surface area contributed by atoms with E-state index in [2.05, 4.69) is 19.8 Å². The van der Waals surface area contributed by atoms with Gasteiger partial charge in [-0.3, -0.25) is 9.59 Å². The second-order valence-electron chi connectivity index (χ2n) is 4.64. The summed E-state index contributed by atoms with van der Waals surface area (Å²) in [5.41, 5.74) is 0.847. The molecular formula is C13H17N5O3. The number of carbonyl (C=O) groups excluding carboxylic acids is 2. The minimum Gasteiger partial charge on any atom is -0.469 e. The van der Waals surface area contributed by atoms with E-state index in [0.29, 0.717) is 18.7 Å². The van der Waals surface area contributed by atoms with Crippen LogP contribution >= 0.6 is 0 Å². The van der Waals surface area contributed by atoms with Crippen LogP contribution in [0.5, 0.6) is 0 Å². The number of methoxy groups -OCH3 is 1. The van der Waals surface area contributed by atoms with E-state index in [1.165, 1.54) is 16.5 Å². The number of aryl methyl sites for hydroxylation is 1. The van der Waals surface area contributed by atoms with Crippen LogP contribution in [-0.4, -0.2) is 57.1 Å². The second-order valence-corrected chi connectivity index (χ2v) is 4.64. The zero-order chi connectivity index (χ0) is 15.4. The highest BCUT2D eigenvalue weighted by molar-refractivity contribution is 5.90. The van der Waals surface area contributed by atoms with Crippen LogP contribution in [0.15, 0.2) is 12.3 Å². The molecule has 2 aromatic rings. The molecule has 0 bridgehead atoms. The van der Waals surface area contributed by atoms with Crippen molar-refractivity contribution in [3.8, 4) is 0 Å². The molecule has 0 N–H and O–H groups in total. The smallest absolute Gasteiger partial charge is 0.305 e. The molecule has 0 aliphatic rings. The summed E-state index contributed by atoms with van der Waals surface area (Å²) in [6, 6.07) is 1.79. The molecule has 8 nitrogen and oxygen atoms in total. The molecule has 0 spiro atoms. The van der Waals surface area contributed by atoms with Crippen molar-refractivity contribution in [2.24, 2.45) is 0 Å². The predicted octanol–water partition coefficient (Wildman–Crippen LogP) is 0.458. The molecular weight excluding hydrogens is 274 g/mol. The Hall–Kier alpha value is -2.51. The number of fused-ring (bicyclic) bond motifs is 1. The van der Waals surface area contributed by atoms with Crippen molar-refractivity contribution >= 4 is 17.7 Å². The summed E-state index contributed by atoms with van der Waals surface area (Å²) in [7, 11) is 2.98. The van der Waals surface area contributed by atoms with E-state index >= 15 is 0 Å². The lowest BCUT2D eigenvalue weighted by Crippen LogP contribution is -2.29. The molecule has 0 fully saturated rings. The number of carbonyl (C=O) groups is 2. The Morgan fingerprint density at radius 2 is 2.19 bits per heavy atom. The van der Waals surface area contributed by atoms with Crippen LogP contribution in [-0.2, 0) is 9.53 Å². The van der Waals surface area contributed by atoms with Gasteiger partial charge in [0.25, 0.3) is 11.7 Å². The molecule has 2 aromatic heterocycles. The first kappa shape index (κ1) is 14.9. The standard InChI is InChI=1S/C13H17N5O3/c1-9-6-7-14-13-15-11(16-18(9)13)12(20)17(2)8-4-5-10(19)21-3/h6-7H,4-5,8H2,1-3H3. The highest BCUT2D eigenvalue weighted by Crippen LogP contribution is 2.05. The van der Waals surface area contributed by atoms with Crippen LogP contribution in [0.2, 0.25) is 0 Å². The van der Waals surface area contributed by atoms with Gasteiger partial charge in [-0.2, -0.15) is 4.98 Å². The summed E-state index contributed by atoms with van der Waals surface area (Å²) in [6.07, 6.45) is 2.42. The third-order valence-electron chi connectivity index (χ3n) is 3.07. The van der Waals surface area contributed by atoms with E-state index < -0.39 is 0 Å². The van der Waals surface area contributed by atoms with E-state index in [9.17, 15) is 9.59 Å². The monoisotopic (exact) mass is 291 g/mol. The van der Waals surface area contributed by atoms with Gasteiger partial charge in [-0.25, -0.2) is 9.50 Å². The molecule has 0 unspecified atom stereocenters. The molecule has 1 amide bonds. The number of nitrogens with zero attached hydrogens (tertiary/aromatic N) is 5. The Kier molecular flexibility index (Phi) is 4.46. The average molecular weight is 291 g/mol. The van der Waals surface area contributed by atoms with Crippen LogP contribution in [0.4, 0.5) is 0 Å². The number of amides is 1. The normalized spacial score (nSPS) is 10.6. The topological polar surface area (TPSA) is 89.7 Å². The molecule has 0 saturated carbocycles. The third-order valence-corrected chi connectivity index (χ3v) is 3.07. The molecule has 21 heavy (non-hydrogen) atoms. The molecule has 0 aliphatic heterocycles.